The Kier molecular flexibility index (Phi) is 3.97. The Morgan fingerprint density at radius 2 is 2.44 bits per heavy atom. The van der Waals surface area contributed by atoms with Crippen LogP contribution in [0.4, 0.5) is 0 Å². The van der Waals surface area contributed by atoms with Gasteiger partial charge in [0.15, 0.2) is 0 Å². The molecule has 1 fully saturated rings. The summed E-state index contributed by atoms with van der Waals surface area (Å²) < 4.78 is 0. The van der Waals surface area contributed by atoms with Gasteiger partial charge in [-0.25, -0.2) is 4.98 Å². The number of guanidine groups is 1. The maximum absolute atomic E-state index is 8.66. The molecule has 2 rings (SSSR count). The maximum Gasteiger partial charge on any atom is 0.212 e. The molecule has 0 bridgehead atoms. The average molecular weight is 265 g/mol. The van der Waals surface area contributed by atoms with E-state index in [2.05, 4.69) is 20.2 Å². The van der Waals surface area contributed by atoms with Crippen molar-refractivity contribution in [2.75, 3.05) is 20.4 Å². The van der Waals surface area contributed by atoms with E-state index in [4.69, 9.17) is 16.9 Å². The Labute approximate surface area is 110 Å². The van der Waals surface area contributed by atoms with Gasteiger partial charge in [-0.1, -0.05) is 17.7 Å². The van der Waals surface area contributed by atoms with E-state index in [1.54, 1.807) is 18.5 Å². The number of nitrogens with zero attached hydrogens (tertiary/aromatic N) is 5. The minimum atomic E-state index is 0.471. The van der Waals surface area contributed by atoms with E-state index in [1.807, 2.05) is 18.0 Å². The van der Waals surface area contributed by atoms with Gasteiger partial charge >= 0.3 is 0 Å². The van der Waals surface area contributed by atoms with Crippen LogP contribution in [0.25, 0.3) is 0 Å². The second-order valence-electron chi connectivity index (χ2n) is 4.05. The summed E-state index contributed by atoms with van der Waals surface area (Å²) in [7, 11) is 1.99. The number of aliphatic imine (C=N–C) groups is 1. The Balaban J connectivity index is 2.11. The molecule has 7 heteroatoms. The van der Waals surface area contributed by atoms with E-state index in [0.717, 1.165) is 5.56 Å². The number of hydrogen-bond donors (Lipinski definition) is 1. The third-order valence-electron chi connectivity index (χ3n) is 2.54. The van der Waals surface area contributed by atoms with Crippen molar-refractivity contribution in [3.05, 3.63) is 29.0 Å². The highest BCUT2D eigenvalue weighted by atomic mass is 35.5. The monoisotopic (exact) mass is 264 g/mol. The molecule has 94 valence electrons. The van der Waals surface area contributed by atoms with Gasteiger partial charge in [-0.3, -0.25) is 4.90 Å². The SMILES string of the molecule is CN1CN/C(=N/C#N)N(Cc2ccc(Cl)nc2)C1. The zero-order valence-electron chi connectivity index (χ0n) is 9.97. The van der Waals surface area contributed by atoms with Gasteiger partial charge in [0.25, 0.3) is 0 Å². The second-order valence-corrected chi connectivity index (χ2v) is 4.44. The zero-order chi connectivity index (χ0) is 13.0. The van der Waals surface area contributed by atoms with Crippen molar-refractivity contribution in [3.8, 4) is 6.19 Å². The predicted octanol–water partition coefficient (Wildman–Crippen LogP) is 0.824. The largest absolute Gasteiger partial charge is 0.342 e. The van der Waals surface area contributed by atoms with E-state index in [9.17, 15) is 0 Å². The molecule has 0 aliphatic carbocycles. The van der Waals surface area contributed by atoms with Gasteiger partial charge in [-0.2, -0.15) is 5.26 Å². The summed E-state index contributed by atoms with van der Waals surface area (Å²) >= 11 is 5.74. The van der Waals surface area contributed by atoms with Crippen molar-refractivity contribution < 1.29 is 0 Å². The predicted molar refractivity (Wildman–Crippen MR) is 68.5 cm³/mol. The smallest absolute Gasteiger partial charge is 0.212 e. The van der Waals surface area contributed by atoms with E-state index >= 15 is 0 Å². The molecule has 1 aliphatic rings. The zero-order valence-corrected chi connectivity index (χ0v) is 10.7. The minimum Gasteiger partial charge on any atom is -0.342 e. The van der Waals surface area contributed by atoms with Crippen LogP contribution in [0.1, 0.15) is 5.56 Å². The molecule has 1 aliphatic heterocycles. The molecule has 0 amide bonds. The standard InChI is InChI=1S/C11H13ClN6/c1-17-7-16-11(15-6-13)18(8-17)5-9-2-3-10(12)14-4-9/h2-4H,5,7-8H2,1H3,(H,15,16). The van der Waals surface area contributed by atoms with Gasteiger partial charge in [0.1, 0.15) is 5.15 Å². The first kappa shape index (κ1) is 12.6. The molecule has 1 N–H and O–H groups in total. The lowest BCUT2D eigenvalue weighted by Crippen LogP contribution is -2.55. The quantitative estimate of drug-likeness (QED) is 0.633. The molecule has 0 spiro atoms. The van der Waals surface area contributed by atoms with Crippen LogP contribution < -0.4 is 5.32 Å². The molecule has 1 aromatic heterocycles. The lowest BCUT2D eigenvalue weighted by molar-refractivity contribution is 0.176. The molecule has 0 aromatic carbocycles. The fourth-order valence-corrected chi connectivity index (χ4v) is 1.84. The molecule has 18 heavy (non-hydrogen) atoms. The third kappa shape index (κ3) is 3.09. The van der Waals surface area contributed by atoms with Crippen molar-refractivity contribution in [2.45, 2.75) is 6.54 Å². The highest BCUT2D eigenvalue weighted by Gasteiger charge is 2.19. The van der Waals surface area contributed by atoms with Gasteiger partial charge < -0.3 is 10.2 Å². The Morgan fingerprint density at radius 1 is 1.61 bits per heavy atom. The van der Waals surface area contributed by atoms with Crippen LogP contribution in [0.2, 0.25) is 5.15 Å². The molecule has 1 aromatic rings. The first-order chi connectivity index (χ1) is 8.69. The molecule has 0 saturated carbocycles. The normalized spacial score (nSPS) is 18.5. The van der Waals surface area contributed by atoms with Gasteiger partial charge in [0, 0.05) is 12.7 Å². The molecular weight excluding hydrogens is 252 g/mol. The van der Waals surface area contributed by atoms with Crippen LogP contribution in [-0.2, 0) is 6.54 Å². The Morgan fingerprint density at radius 3 is 3.11 bits per heavy atom. The number of pyridine rings is 1. The number of hydrogen-bond acceptors (Lipinski definition) is 4. The van der Waals surface area contributed by atoms with E-state index in [1.165, 1.54) is 0 Å². The molecule has 0 unspecified atom stereocenters. The Bertz CT molecular complexity index is 477. The fourth-order valence-electron chi connectivity index (χ4n) is 1.73. The van der Waals surface area contributed by atoms with Crippen molar-refractivity contribution >= 4 is 17.6 Å². The van der Waals surface area contributed by atoms with Crippen molar-refractivity contribution in [2.24, 2.45) is 4.99 Å². The molecule has 0 radical (unpaired) electrons. The summed E-state index contributed by atoms with van der Waals surface area (Å²) in [6.45, 7) is 2.01. The third-order valence-corrected chi connectivity index (χ3v) is 2.76. The summed E-state index contributed by atoms with van der Waals surface area (Å²) in [6, 6.07) is 3.66. The van der Waals surface area contributed by atoms with Gasteiger partial charge in [-0.15, -0.1) is 4.99 Å². The number of nitriles is 1. The second kappa shape index (κ2) is 5.67. The molecule has 0 atom stereocenters. The van der Waals surface area contributed by atoms with Crippen molar-refractivity contribution in [1.29, 1.82) is 5.26 Å². The van der Waals surface area contributed by atoms with Crippen molar-refractivity contribution in [1.82, 2.24) is 20.1 Å². The molecular formula is C11H13ClN6. The first-order valence-corrected chi connectivity index (χ1v) is 5.81. The lowest BCUT2D eigenvalue weighted by Gasteiger charge is -2.35. The van der Waals surface area contributed by atoms with Gasteiger partial charge in [-0.05, 0) is 18.7 Å². The highest BCUT2D eigenvalue weighted by molar-refractivity contribution is 6.29. The van der Waals surface area contributed by atoms with Gasteiger partial charge in [0.2, 0.25) is 12.2 Å². The van der Waals surface area contributed by atoms with Crippen LogP contribution in [0, 0.1) is 11.5 Å². The number of halogens is 1. The number of aromatic nitrogens is 1. The van der Waals surface area contributed by atoms with E-state index in [0.29, 0.717) is 31.0 Å². The van der Waals surface area contributed by atoms with Crippen molar-refractivity contribution in [3.63, 3.8) is 0 Å². The van der Waals surface area contributed by atoms with E-state index < -0.39 is 0 Å². The summed E-state index contributed by atoms with van der Waals surface area (Å²) in [5.74, 6) is 0.588. The fraction of sp³-hybridized carbons (Fsp3) is 0.364. The van der Waals surface area contributed by atoms with Crippen LogP contribution in [0.15, 0.2) is 23.3 Å². The highest BCUT2D eigenvalue weighted by Crippen LogP contribution is 2.10. The van der Waals surface area contributed by atoms with Crippen LogP contribution in [-0.4, -0.2) is 41.1 Å². The van der Waals surface area contributed by atoms with Gasteiger partial charge in [0.05, 0.1) is 13.3 Å². The maximum atomic E-state index is 8.66. The Hall–Kier alpha value is -1.84. The number of nitrogens with one attached hydrogen (secondary N) is 1. The van der Waals surface area contributed by atoms with Crippen LogP contribution in [0.3, 0.4) is 0 Å². The average Bonchev–Trinajstić information content (AvgIpc) is 2.36. The molecule has 2 heterocycles. The lowest BCUT2D eigenvalue weighted by atomic mass is 10.2. The molecule has 6 nitrogen and oxygen atoms in total. The van der Waals surface area contributed by atoms with Crippen LogP contribution in [0.5, 0.6) is 0 Å². The first-order valence-electron chi connectivity index (χ1n) is 5.43. The summed E-state index contributed by atoms with van der Waals surface area (Å²) in [6.07, 6.45) is 3.53. The summed E-state index contributed by atoms with van der Waals surface area (Å²) in [4.78, 5) is 11.9. The molecule has 1 saturated heterocycles. The topological polar surface area (TPSA) is 67.6 Å². The van der Waals surface area contributed by atoms with E-state index in [-0.39, 0.29) is 0 Å². The minimum absolute atomic E-state index is 0.471. The number of rotatable bonds is 2. The van der Waals surface area contributed by atoms with Crippen LogP contribution >= 0.6 is 11.6 Å². The summed E-state index contributed by atoms with van der Waals surface area (Å²) in [5.41, 5.74) is 1.02. The summed E-state index contributed by atoms with van der Waals surface area (Å²) in [5, 5.41) is 12.2.